The van der Waals surface area contributed by atoms with Crippen molar-refractivity contribution in [1.29, 1.82) is 0 Å². The summed E-state index contributed by atoms with van der Waals surface area (Å²) in [7, 11) is 1.60. The summed E-state index contributed by atoms with van der Waals surface area (Å²) in [4.78, 5) is 20.6. The van der Waals surface area contributed by atoms with Gasteiger partial charge in [0.25, 0.3) is 5.56 Å². The van der Waals surface area contributed by atoms with Crippen molar-refractivity contribution in [3.63, 3.8) is 0 Å². The number of hydrogen-bond acceptors (Lipinski definition) is 5. The zero-order valence-corrected chi connectivity index (χ0v) is 14.1. The molecule has 3 rings (SSSR count). The first-order valence-electron chi connectivity index (χ1n) is 7.65. The second kappa shape index (κ2) is 6.68. The van der Waals surface area contributed by atoms with Gasteiger partial charge in [0.05, 0.1) is 11.9 Å². The van der Waals surface area contributed by atoms with E-state index in [1.54, 1.807) is 13.2 Å². The maximum Gasteiger partial charge on any atom is 0.287 e. The topological polar surface area (TPSA) is 54.3 Å². The fraction of sp³-hybridized carbons (Fsp3) is 0.438. The molecule has 1 aliphatic heterocycles. The van der Waals surface area contributed by atoms with Crippen molar-refractivity contribution < 1.29 is 0 Å². The molecule has 0 spiro atoms. The Morgan fingerprint density at radius 2 is 1.96 bits per heavy atom. The molecule has 0 saturated carbocycles. The molecule has 3 heterocycles. The Bertz CT molecular complexity index is 752. The molecule has 1 fully saturated rings. The summed E-state index contributed by atoms with van der Waals surface area (Å²) < 4.78 is 1.26. The lowest BCUT2D eigenvalue weighted by Crippen LogP contribution is -2.46. The molecule has 2 aromatic rings. The number of rotatable bonds is 3. The van der Waals surface area contributed by atoms with E-state index in [2.05, 4.69) is 26.8 Å². The summed E-state index contributed by atoms with van der Waals surface area (Å²) in [6.45, 7) is 6.50. The van der Waals surface area contributed by atoms with E-state index in [0.29, 0.717) is 0 Å². The van der Waals surface area contributed by atoms with E-state index in [0.717, 1.165) is 38.4 Å². The third kappa shape index (κ3) is 3.38. The van der Waals surface area contributed by atoms with E-state index in [4.69, 9.17) is 11.6 Å². The number of aryl methyl sites for hydroxylation is 2. The molecule has 1 aliphatic rings. The third-order valence-electron chi connectivity index (χ3n) is 4.31. The van der Waals surface area contributed by atoms with Crippen LogP contribution in [0.4, 0.5) is 5.69 Å². The first kappa shape index (κ1) is 16.0. The van der Waals surface area contributed by atoms with Crippen LogP contribution in [0, 0.1) is 6.92 Å². The van der Waals surface area contributed by atoms with Gasteiger partial charge in [-0.1, -0.05) is 11.6 Å². The van der Waals surface area contributed by atoms with E-state index < -0.39 is 0 Å². The average Bonchev–Trinajstić information content (AvgIpc) is 2.56. The van der Waals surface area contributed by atoms with Gasteiger partial charge in [0.1, 0.15) is 5.02 Å². The SMILES string of the molecule is Cc1ccncc1CN1CCN(c2cnn(C)c(=O)c2Cl)CC1. The smallest absolute Gasteiger partial charge is 0.287 e. The largest absolute Gasteiger partial charge is 0.366 e. The van der Waals surface area contributed by atoms with Gasteiger partial charge >= 0.3 is 0 Å². The van der Waals surface area contributed by atoms with Gasteiger partial charge in [-0.2, -0.15) is 5.10 Å². The molecule has 1 saturated heterocycles. The van der Waals surface area contributed by atoms with E-state index >= 15 is 0 Å². The number of piperazine rings is 1. The predicted octanol–water partition coefficient (Wildman–Crippen LogP) is 1.46. The highest BCUT2D eigenvalue weighted by Crippen LogP contribution is 2.22. The lowest BCUT2D eigenvalue weighted by Gasteiger charge is -2.36. The fourth-order valence-corrected chi connectivity index (χ4v) is 3.06. The van der Waals surface area contributed by atoms with Gasteiger partial charge in [-0.3, -0.25) is 14.7 Å². The van der Waals surface area contributed by atoms with Crippen molar-refractivity contribution in [3.8, 4) is 0 Å². The van der Waals surface area contributed by atoms with E-state index in [9.17, 15) is 4.79 Å². The van der Waals surface area contributed by atoms with E-state index in [-0.39, 0.29) is 10.6 Å². The summed E-state index contributed by atoms with van der Waals surface area (Å²) in [5, 5.41) is 4.32. The van der Waals surface area contributed by atoms with Crippen LogP contribution in [0.2, 0.25) is 5.02 Å². The standard InChI is InChI=1S/C16H20ClN5O/c1-12-3-4-18-9-13(12)11-21-5-7-22(8-6-21)14-10-19-20(2)16(23)15(14)17/h3-4,9-10H,5-8,11H2,1-2H3. The first-order valence-corrected chi connectivity index (χ1v) is 8.02. The highest BCUT2D eigenvalue weighted by Gasteiger charge is 2.21. The van der Waals surface area contributed by atoms with Crippen LogP contribution in [0.3, 0.4) is 0 Å². The maximum atomic E-state index is 11.9. The predicted molar refractivity (Wildman–Crippen MR) is 91.0 cm³/mol. The average molecular weight is 334 g/mol. The van der Waals surface area contributed by atoms with E-state index in [1.165, 1.54) is 15.8 Å². The normalized spacial score (nSPS) is 15.9. The number of nitrogens with zero attached hydrogens (tertiary/aromatic N) is 5. The molecule has 0 radical (unpaired) electrons. The van der Waals surface area contributed by atoms with Crippen LogP contribution >= 0.6 is 11.6 Å². The van der Waals surface area contributed by atoms with Crippen LogP contribution in [-0.4, -0.2) is 45.8 Å². The number of aromatic nitrogens is 3. The number of anilines is 1. The zero-order chi connectivity index (χ0) is 16.4. The summed E-state index contributed by atoms with van der Waals surface area (Å²) in [5.41, 5.74) is 3.00. The van der Waals surface area contributed by atoms with Crippen LogP contribution < -0.4 is 10.5 Å². The van der Waals surface area contributed by atoms with Gasteiger partial charge in [-0.25, -0.2) is 4.68 Å². The monoisotopic (exact) mass is 333 g/mol. The molecular weight excluding hydrogens is 314 g/mol. The molecule has 0 bridgehead atoms. The van der Waals surface area contributed by atoms with Crippen LogP contribution in [-0.2, 0) is 13.6 Å². The summed E-state index contributed by atoms with van der Waals surface area (Å²) in [6, 6.07) is 2.04. The molecule has 6 nitrogen and oxygen atoms in total. The van der Waals surface area contributed by atoms with E-state index in [1.807, 2.05) is 18.5 Å². The fourth-order valence-electron chi connectivity index (χ4n) is 2.77. The minimum absolute atomic E-state index is 0.249. The Kier molecular flexibility index (Phi) is 4.63. The van der Waals surface area contributed by atoms with Crippen molar-refractivity contribution in [1.82, 2.24) is 19.7 Å². The Labute approximate surface area is 140 Å². The Morgan fingerprint density at radius 3 is 2.65 bits per heavy atom. The van der Waals surface area contributed by atoms with Gasteiger partial charge in [-0.15, -0.1) is 0 Å². The van der Waals surface area contributed by atoms with Crippen molar-refractivity contribution in [2.45, 2.75) is 13.5 Å². The Morgan fingerprint density at radius 1 is 1.22 bits per heavy atom. The second-order valence-electron chi connectivity index (χ2n) is 5.84. The van der Waals surface area contributed by atoms with Crippen molar-refractivity contribution in [2.24, 2.45) is 7.05 Å². The van der Waals surface area contributed by atoms with Crippen LogP contribution in [0.1, 0.15) is 11.1 Å². The molecule has 0 unspecified atom stereocenters. The molecular formula is C16H20ClN5O. The third-order valence-corrected chi connectivity index (χ3v) is 4.67. The van der Waals surface area contributed by atoms with Crippen LogP contribution in [0.25, 0.3) is 0 Å². The second-order valence-corrected chi connectivity index (χ2v) is 6.22. The molecule has 0 aromatic carbocycles. The highest BCUT2D eigenvalue weighted by molar-refractivity contribution is 6.33. The summed E-state index contributed by atoms with van der Waals surface area (Å²) >= 11 is 6.18. The first-order chi connectivity index (χ1) is 11.1. The lowest BCUT2D eigenvalue weighted by atomic mass is 10.1. The Hall–Kier alpha value is -1.92. The molecule has 23 heavy (non-hydrogen) atoms. The summed E-state index contributed by atoms with van der Waals surface area (Å²) in [6.07, 6.45) is 5.43. The molecule has 0 aliphatic carbocycles. The minimum atomic E-state index is -0.252. The Balaban J connectivity index is 1.66. The number of halogens is 1. The van der Waals surface area contributed by atoms with Gasteiger partial charge in [0.15, 0.2) is 0 Å². The van der Waals surface area contributed by atoms with Crippen molar-refractivity contribution in [2.75, 3.05) is 31.1 Å². The molecule has 0 N–H and O–H groups in total. The van der Waals surface area contributed by atoms with Crippen LogP contribution in [0.5, 0.6) is 0 Å². The molecule has 0 amide bonds. The lowest BCUT2D eigenvalue weighted by molar-refractivity contribution is 0.249. The maximum absolute atomic E-state index is 11.9. The van der Waals surface area contributed by atoms with Gasteiger partial charge in [-0.05, 0) is 24.1 Å². The summed E-state index contributed by atoms with van der Waals surface area (Å²) in [5.74, 6) is 0. The zero-order valence-electron chi connectivity index (χ0n) is 13.4. The van der Waals surface area contributed by atoms with Crippen molar-refractivity contribution in [3.05, 3.63) is 51.2 Å². The van der Waals surface area contributed by atoms with Gasteiger partial charge < -0.3 is 4.90 Å². The number of hydrogen-bond donors (Lipinski definition) is 0. The minimum Gasteiger partial charge on any atom is -0.366 e. The van der Waals surface area contributed by atoms with Gasteiger partial charge in [0.2, 0.25) is 0 Å². The molecule has 7 heteroatoms. The quantitative estimate of drug-likeness (QED) is 0.851. The number of pyridine rings is 1. The van der Waals surface area contributed by atoms with Crippen molar-refractivity contribution >= 4 is 17.3 Å². The molecule has 122 valence electrons. The van der Waals surface area contributed by atoms with Crippen LogP contribution in [0.15, 0.2) is 29.5 Å². The highest BCUT2D eigenvalue weighted by atomic mass is 35.5. The van der Waals surface area contributed by atoms with Gasteiger partial charge in [0, 0.05) is 52.2 Å². The molecule has 2 aromatic heterocycles. The molecule has 0 atom stereocenters.